The Morgan fingerprint density at radius 1 is 0.721 bits per heavy atom. The van der Waals surface area contributed by atoms with Gasteiger partial charge >= 0.3 is 17.9 Å². The SMILES string of the molecule is CCOC(=O)C1=C(C)C2[C@H]3C(=O)N(c4ccc(C(=O)O)cc4)C(=O)[C@H]3C1(C)[C@H]1C(=O)N(c3ccc(C(=O)O)cc3)C(=O)[C@@H]21. The number of amides is 4. The van der Waals surface area contributed by atoms with Crippen LogP contribution < -0.4 is 9.80 Å². The van der Waals surface area contributed by atoms with Crippen LogP contribution in [0.3, 0.4) is 0 Å². The van der Waals surface area contributed by atoms with E-state index < -0.39 is 76.5 Å². The largest absolute Gasteiger partial charge is 0.478 e. The number of carboxylic acid groups (broad SMARTS) is 2. The summed E-state index contributed by atoms with van der Waals surface area (Å²) in [4.78, 5) is 94.5. The fourth-order valence-corrected chi connectivity index (χ4v) is 7.82. The van der Waals surface area contributed by atoms with Crippen LogP contribution in [0.25, 0.3) is 0 Å². The number of benzene rings is 2. The van der Waals surface area contributed by atoms with Gasteiger partial charge in [0.15, 0.2) is 0 Å². The first-order chi connectivity index (χ1) is 20.4. The van der Waals surface area contributed by atoms with Crippen LogP contribution in [0, 0.1) is 35.0 Å². The van der Waals surface area contributed by atoms with E-state index in [1.54, 1.807) is 20.8 Å². The van der Waals surface area contributed by atoms with E-state index in [9.17, 15) is 43.8 Å². The molecule has 0 radical (unpaired) electrons. The van der Waals surface area contributed by atoms with E-state index in [-0.39, 0.29) is 34.7 Å². The Hall–Kier alpha value is -5.13. The standard InChI is InChI=1S/C31H26N2O10/c1-4-43-30(42)21-13(2)18-19-22(26(36)32(24(19)34)16-9-5-14(6-10-16)28(38)39)31(21,3)23-20(18)25(35)33(27(23)37)17-11-7-15(8-12-17)29(40)41/h5-12,18-20,22-23H,4H2,1-3H3,(H,38,39)(H,40,41)/t18?,19-,20+,22+,23-,31?. The summed E-state index contributed by atoms with van der Waals surface area (Å²) < 4.78 is 5.36. The van der Waals surface area contributed by atoms with Gasteiger partial charge in [-0.15, -0.1) is 0 Å². The Labute approximate surface area is 244 Å². The van der Waals surface area contributed by atoms with Gasteiger partial charge in [0.25, 0.3) is 0 Å². The molecule has 3 fully saturated rings. The number of imide groups is 2. The second-order valence-corrected chi connectivity index (χ2v) is 11.3. The molecule has 12 heteroatoms. The topological polar surface area (TPSA) is 176 Å². The molecule has 7 rings (SSSR count). The first kappa shape index (κ1) is 28.0. The van der Waals surface area contributed by atoms with Crippen molar-refractivity contribution in [3.05, 3.63) is 70.8 Å². The molecule has 12 nitrogen and oxygen atoms in total. The van der Waals surface area contributed by atoms with Crippen molar-refractivity contribution in [2.24, 2.45) is 35.0 Å². The summed E-state index contributed by atoms with van der Waals surface area (Å²) in [6.07, 6.45) is 0. The van der Waals surface area contributed by atoms with Crippen LogP contribution in [-0.4, -0.2) is 58.4 Å². The number of aromatic carboxylic acids is 2. The van der Waals surface area contributed by atoms with E-state index in [1.807, 2.05) is 0 Å². The molecule has 2 aliphatic heterocycles. The maximum atomic E-state index is 14.2. The molecule has 2 saturated heterocycles. The van der Waals surface area contributed by atoms with Gasteiger partial charge in [0.1, 0.15) is 0 Å². The van der Waals surface area contributed by atoms with Gasteiger partial charge in [0.2, 0.25) is 23.6 Å². The molecule has 2 unspecified atom stereocenters. The molecular weight excluding hydrogens is 560 g/mol. The molecule has 5 aliphatic rings. The molecule has 1 saturated carbocycles. The highest BCUT2D eigenvalue weighted by Gasteiger charge is 2.77. The number of anilines is 2. The average Bonchev–Trinajstić information content (AvgIpc) is 3.39. The second-order valence-electron chi connectivity index (χ2n) is 11.3. The van der Waals surface area contributed by atoms with Gasteiger partial charge in [-0.3, -0.25) is 29.0 Å². The lowest BCUT2D eigenvalue weighted by molar-refractivity contribution is -0.155. The summed E-state index contributed by atoms with van der Waals surface area (Å²) >= 11 is 0. The molecule has 2 N–H and O–H groups in total. The average molecular weight is 587 g/mol. The number of allylic oxidation sites excluding steroid dienone is 1. The highest BCUT2D eigenvalue weighted by Crippen LogP contribution is 2.68. The minimum Gasteiger partial charge on any atom is -0.478 e. The number of rotatable bonds is 6. The van der Waals surface area contributed by atoms with E-state index in [2.05, 4.69) is 0 Å². The number of hydrogen-bond acceptors (Lipinski definition) is 8. The van der Waals surface area contributed by atoms with E-state index in [0.717, 1.165) is 9.80 Å². The number of hydrogen-bond donors (Lipinski definition) is 2. The molecule has 2 aromatic rings. The summed E-state index contributed by atoms with van der Waals surface area (Å²) in [7, 11) is 0. The summed E-state index contributed by atoms with van der Waals surface area (Å²) in [6.45, 7) is 4.80. The molecule has 4 amide bonds. The van der Waals surface area contributed by atoms with Crippen molar-refractivity contribution in [3.63, 3.8) is 0 Å². The van der Waals surface area contributed by atoms with Crippen LogP contribution >= 0.6 is 0 Å². The second kappa shape index (κ2) is 9.45. The summed E-state index contributed by atoms with van der Waals surface area (Å²) in [5.41, 5.74) is -0.933. The molecule has 2 bridgehead atoms. The molecule has 220 valence electrons. The van der Waals surface area contributed by atoms with Gasteiger partial charge < -0.3 is 14.9 Å². The van der Waals surface area contributed by atoms with Gasteiger partial charge in [0.05, 0.1) is 52.8 Å². The molecule has 0 spiro atoms. The van der Waals surface area contributed by atoms with Crippen molar-refractivity contribution >= 4 is 52.9 Å². The van der Waals surface area contributed by atoms with Crippen molar-refractivity contribution in [1.82, 2.24) is 0 Å². The van der Waals surface area contributed by atoms with Crippen LogP contribution in [0.1, 0.15) is 41.5 Å². The van der Waals surface area contributed by atoms with E-state index in [0.29, 0.717) is 5.57 Å². The summed E-state index contributed by atoms with van der Waals surface area (Å²) in [5, 5.41) is 18.5. The third kappa shape index (κ3) is 3.58. The third-order valence-electron chi connectivity index (χ3n) is 9.43. The number of ether oxygens (including phenoxy) is 1. The van der Waals surface area contributed by atoms with Gasteiger partial charge in [-0.1, -0.05) is 12.5 Å². The quantitative estimate of drug-likeness (QED) is 0.378. The first-order valence-electron chi connectivity index (χ1n) is 13.7. The first-order valence-corrected chi connectivity index (χ1v) is 13.7. The summed E-state index contributed by atoms with van der Waals surface area (Å²) in [5.74, 6) is -11.1. The van der Waals surface area contributed by atoms with Gasteiger partial charge in [0, 0.05) is 16.9 Å². The molecule has 2 aromatic carbocycles. The Morgan fingerprint density at radius 3 is 1.47 bits per heavy atom. The lowest BCUT2D eigenvalue weighted by Gasteiger charge is -2.55. The van der Waals surface area contributed by atoms with Crippen molar-refractivity contribution in [1.29, 1.82) is 0 Å². The maximum Gasteiger partial charge on any atom is 0.335 e. The van der Waals surface area contributed by atoms with Gasteiger partial charge in [-0.25, -0.2) is 14.4 Å². The lowest BCUT2D eigenvalue weighted by atomic mass is 9.43. The Kier molecular flexibility index (Phi) is 6.15. The van der Waals surface area contributed by atoms with Crippen LogP contribution in [0.15, 0.2) is 59.7 Å². The third-order valence-corrected chi connectivity index (χ3v) is 9.43. The minimum atomic E-state index is -1.61. The van der Waals surface area contributed by atoms with Crippen molar-refractivity contribution in [3.8, 4) is 0 Å². The molecule has 0 aromatic heterocycles. The number of carbonyl (C=O) groups is 7. The van der Waals surface area contributed by atoms with E-state index in [4.69, 9.17) is 4.74 Å². The van der Waals surface area contributed by atoms with Crippen LogP contribution in [0.2, 0.25) is 0 Å². The van der Waals surface area contributed by atoms with Gasteiger partial charge in [-0.2, -0.15) is 0 Å². The zero-order valence-electron chi connectivity index (χ0n) is 23.3. The minimum absolute atomic E-state index is 0.0163. The van der Waals surface area contributed by atoms with Crippen molar-refractivity contribution < 1.29 is 48.5 Å². The fraction of sp³-hybridized carbons (Fsp3) is 0.323. The number of carboxylic acids is 2. The molecule has 6 atom stereocenters. The predicted octanol–water partition coefficient (Wildman–Crippen LogP) is 2.52. The lowest BCUT2D eigenvalue weighted by Crippen LogP contribution is -2.61. The Bertz CT molecular complexity index is 1590. The van der Waals surface area contributed by atoms with Crippen LogP contribution in [0.4, 0.5) is 11.4 Å². The number of carbonyl (C=O) groups excluding carboxylic acids is 5. The highest BCUT2D eigenvalue weighted by molar-refractivity contribution is 6.27. The van der Waals surface area contributed by atoms with Gasteiger partial charge in [-0.05, 0) is 62.4 Å². The molecule has 2 heterocycles. The van der Waals surface area contributed by atoms with E-state index in [1.165, 1.54) is 48.5 Å². The Morgan fingerprint density at radius 2 is 1.12 bits per heavy atom. The zero-order chi connectivity index (χ0) is 31.1. The van der Waals surface area contributed by atoms with Crippen LogP contribution in [0.5, 0.6) is 0 Å². The fourth-order valence-electron chi connectivity index (χ4n) is 7.82. The molecule has 43 heavy (non-hydrogen) atoms. The maximum absolute atomic E-state index is 14.2. The summed E-state index contributed by atoms with van der Waals surface area (Å²) in [6, 6.07) is 10.4. The number of esters is 1. The monoisotopic (exact) mass is 586 g/mol. The van der Waals surface area contributed by atoms with Crippen LogP contribution in [-0.2, 0) is 28.7 Å². The van der Waals surface area contributed by atoms with Crippen molar-refractivity contribution in [2.75, 3.05) is 16.4 Å². The van der Waals surface area contributed by atoms with E-state index >= 15 is 0 Å². The zero-order valence-corrected chi connectivity index (χ0v) is 23.3. The molecule has 3 aliphatic carbocycles. The predicted molar refractivity (Wildman–Crippen MR) is 147 cm³/mol. The smallest absolute Gasteiger partial charge is 0.335 e. The Balaban J connectivity index is 1.49. The number of nitrogens with zero attached hydrogens (tertiary/aromatic N) is 2. The highest BCUT2D eigenvalue weighted by atomic mass is 16.5. The van der Waals surface area contributed by atoms with Crippen molar-refractivity contribution in [2.45, 2.75) is 20.8 Å². The molecular formula is C31H26N2O10. The normalized spacial score (nSPS) is 29.2.